The quantitative estimate of drug-likeness (QED) is 0.776. The Labute approximate surface area is 104 Å². The Morgan fingerprint density at radius 3 is 2.06 bits per heavy atom. The number of halogens is 1. The zero-order valence-electron chi connectivity index (χ0n) is 10.3. The van der Waals surface area contributed by atoms with Crippen molar-refractivity contribution in [1.29, 1.82) is 0 Å². The van der Waals surface area contributed by atoms with Gasteiger partial charge in [0.2, 0.25) is 0 Å². The summed E-state index contributed by atoms with van der Waals surface area (Å²) in [4.78, 5) is 0. The molecule has 0 radical (unpaired) electrons. The molecule has 1 saturated carbocycles. The highest BCUT2D eigenvalue weighted by Gasteiger charge is 2.42. The van der Waals surface area contributed by atoms with E-state index in [1.807, 2.05) is 0 Å². The maximum Gasteiger partial charge on any atom is 0.168 e. The molecule has 2 aliphatic rings. The van der Waals surface area contributed by atoms with E-state index in [0.717, 1.165) is 45.4 Å². The molecule has 0 atom stereocenters. The second kappa shape index (κ2) is 5.21. The summed E-state index contributed by atoms with van der Waals surface area (Å²) < 4.78 is 11.9. The van der Waals surface area contributed by atoms with Crippen LogP contribution in [0, 0.1) is 11.3 Å². The van der Waals surface area contributed by atoms with Crippen molar-refractivity contribution in [3.8, 4) is 0 Å². The lowest BCUT2D eigenvalue weighted by Gasteiger charge is -2.46. The van der Waals surface area contributed by atoms with Crippen LogP contribution in [0.4, 0.5) is 0 Å². The van der Waals surface area contributed by atoms with Crippen LogP contribution < -0.4 is 5.73 Å². The van der Waals surface area contributed by atoms with Crippen LogP contribution in [0.2, 0.25) is 0 Å². The summed E-state index contributed by atoms with van der Waals surface area (Å²) in [6.45, 7) is 6.82. The van der Waals surface area contributed by atoms with Crippen molar-refractivity contribution in [3.05, 3.63) is 0 Å². The van der Waals surface area contributed by atoms with Crippen molar-refractivity contribution >= 4 is 12.4 Å². The molecule has 2 N–H and O–H groups in total. The highest BCUT2D eigenvalue weighted by atomic mass is 35.5. The number of ether oxygens (including phenoxy) is 2. The Morgan fingerprint density at radius 2 is 1.62 bits per heavy atom. The molecule has 96 valence electrons. The molecule has 1 spiro atoms. The van der Waals surface area contributed by atoms with Gasteiger partial charge in [0.05, 0.1) is 13.2 Å². The highest BCUT2D eigenvalue weighted by molar-refractivity contribution is 5.85. The predicted molar refractivity (Wildman–Crippen MR) is 66.7 cm³/mol. The van der Waals surface area contributed by atoms with Crippen molar-refractivity contribution < 1.29 is 9.47 Å². The molecule has 2 rings (SSSR count). The van der Waals surface area contributed by atoms with Crippen LogP contribution in [0.15, 0.2) is 0 Å². The van der Waals surface area contributed by atoms with Gasteiger partial charge in [-0.15, -0.1) is 12.4 Å². The fourth-order valence-electron chi connectivity index (χ4n) is 2.38. The minimum Gasteiger partial charge on any atom is -0.349 e. The molecular weight excluding hydrogens is 226 g/mol. The molecule has 1 saturated heterocycles. The molecule has 3 nitrogen and oxygen atoms in total. The third-order valence-corrected chi connectivity index (χ3v) is 3.65. The molecule has 4 heteroatoms. The summed E-state index contributed by atoms with van der Waals surface area (Å²) in [6, 6.07) is 0. The fourth-order valence-corrected chi connectivity index (χ4v) is 2.38. The summed E-state index contributed by atoms with van der Waals surface area (Å²) in [5, 5.41) is 0. The van der Waals surface area contributed by atoms with Gasteiger partial charge in [-0.2, -0.15) is 0 Å². The summed E-state index contributed by atoms with van der Waals surface area (Å²) in [5.41, 5.74) is 5.86. The molecule has 0 aromatic carbocycles. The van der Waals surface area contributed by atoms with E-state index < -0.39 is 0 Å². The van der Waals surface area contributed by atoms with Crippen molar-refractivity contribution in [3.63, 3.8) is 0 Å². The fraction of sp³-hybridized carbons (Fsp3) is 1.00. The molecule has 0 amide bonds. The second-order valence-corrected chi connectivity index (χ2v) is 5.83. The van der Waals surface area contributed by atoms with Gasteiger partial charge in [0.25, 0.3) is 0 Å². The van der Waals surface area contributed by atoms with Gasteiger partial charge in [0.1, 0.15) is 0 Å². The van der Waals surface area contributed by atoms with Crippen molar-refractivity contribution in [2.45, 2.75) is 45.3 Å². The summed E-state index contributed by atoms with van der Waals surface area (Å²) in [7, 11) is 0. The standard InChI is InChI=1S/C12H23NO2.ClH/c1-11(2)8-14-12(15-9-11)5-3-10(7-13)4-6-12;/h10H,3-9,13H2,1-2H3;1H. The lowest BCUT2D eigenvalue weighted by Crippen LogP contribution is -2.49. The van der Waals surface area contributed by atoms with Gasteiger partial charge in [0, 0.05) is 18.3 Å². The Morgan fingerprint density at radius 1 is 1.12 bits per heavy atom. The van der Waals surface area contributed by atoms with Gasteiger partial charge >= 0.3 is 0 Å². The Kier molecular flexibility index (Phi) is 4.64. The van der Waals surface area contributed by atoms with E-state index >= 15 is 0 Å². The second-order valence-electron chi connectivity index (χ2n) is 5.83. The molecule has 1 heterocycles. The van der Waals surface area contributed by atoms with E-state index in [9.17, 15) is 0 Å². The van der Waals surface area contributed by atoms with Crippen molar-refractivity contribution in [2.24, 2.45) is 17.1 Å². The Bertz CT molecular complexity index is 213. The van der Waals surface area contributed by atoms with E-state index in [2.05, 4.69) is 13.8 Å². The topological polar surface area (TPSA) is 44.5 Å². The number of rotatable bonds is 1. The van der Waals surface area contributed by atoms with Gasteiger partial charge in [-0.05, 0) is 25.3 Å². The van der Waals surface area contributed by atoms with Crippen LogP contribution >= 0.6 is 12.4 Å². The minimum atomic E-state index is -0.263. The maximum atomic E-state index is 5.95. The van der Waals surface area contributed by atoms with E-state index in [1.54, 1.807) is 0 Å². The van der Waals surface area contributed by atoms with Crippen molar-refractivity contribution in [2.75, 3.05) is 19.8 Å². The normalized spacial score (nSPS) is 28.7. The molecule has 2 fully saturated rings. The largest absolute Gasteiger partial charge is 0.349 e. The average molecular weight is 250 g/mol. The van der Waals surface area contributed by atoms with Gasteiger partial charge in [-0.3, -0.25) is 0 Å². The first-order valence-corrected chi connectivity index (χ1v) is 6.03. The van der Waals surface area contributed by atoms with Gasteiger partial charge < -0.3 is 15.2 Å². The Hall–Kier alpha value is 0.170. The molecule has 0 unspecified atom stereocenters. The first-order valence-electron chi connectivity index (χ1n) is 6.03. The smallest absolute Gasteiger partial charge is 0.168 e. The van der Waals surface area contributed by atoms with Crippen LogP contribution in [-0.4, -0.2) is 25.5 Å². The molecule has 1 aliphatic carbocycles. The molecular formula is C12H24ClNO2. The zero-order chi connectivity index (χ0) is 10.9. The number of hydrogen-bond donors (Lipinski definition) is 1. The van der Waals surface area contributed by atoms with Crippen LogP contribution in [0.3, 0.4) is 0 Å². The summed E-state index contributed by atoms with van der Waals surface area (Å²) in [6.07, 6.45) is 4.34. The SMILES string of the molecule is CC1(C)COC2(CCC(CN)CC2)OC1.Cl. The molecule has 0 aromatic heterocycles. The van der Waals surface area contributed by atoms with E-state index in [1.165, 1.54) is 0 Å². The van der Waals surface area contributed by atoms with Gasteiger partial charge in [0.15, 0.2) is 5.79 Å². The van der Waals surface area contributed by atoms with Gasteiger partial charge in [-0.25, -0.2) is 0 Å². The average Bonchev–Trinajstić information content (AvgIpc) is 2.24. The highest BCUT2D eigenvalue weighted by Crippen LogP contribution is 2.40. The number of nitrogens with two attached hydrogens (primary N) is 1. The van der Waals surface area contributed by atoms with Crippen LogP contribution in [-0.2, 0) is 9.47 Å². The van der Waals surface area contributed by atoms with Crippen LogP contribution in [0.1, 0.15) is 39.5 Å². The third kappa shape index (κ3) is 3.10. The maximum absolute atomic E-state index is 5.95. The molecule has 0 aromatic rings. The molecule has 0 bridgehead atoms. The Balaban J connectivity index is 0.00000128. The molecule has 16 heavy (non-hydrogen) atoms. The van der Waals surface area contributed by atoms with E-state index in [-0.39, 0.29) is 23.6 Å². The zero-order valence-corrected chi connectivity index (χ0v) is 11.1. The summed E-state index contributed by atoms with van der Waals surface area (Å²) in [5.74, 6) is 0.416. The first-order chi connectivity index (χ1) is 7.05. The number of hydrogen-bond acceptors (Lipinski definition) is 3. The minimum absolute atomic E-state index is 0. The predicted octanol–water partition coefficient (Wildman–Crippen LogP) is 2.33. The molecule has 1 aliphatic heterocycles. The lowest BCUT2D eigenvalue weighted by molar-refractivity contribution is -0.312. The van der Waals surface area contributed by atoms with E-state index in [4.69, 9.17) is 15.2 Å². The van der Waals surface area contributed by atoms with Gasteiger partial charge in [-0.1, -0.05) is 13.8 Å². The third-order valence-electron chi connectivity index (χ3n) is 3.65. The van der Waals surface area contributed by atoms with Crippen LogP contribution in [0.5, 0.6) is 0 Å². The first kappa shape index (κ1) is 14.2. The monoisotopic (exact) mass is 249 g/mol. The lowest BCUT2D eigenvalue weighted by atomic mass is 9.83. The van der Waals surface area contributed by atoms with E-state index in [0.29, 0.717) is 5.92 Å². The summed E-state index contributed by atoms with van der Waals surface area (Å²) >= 11 is 0. The van der Waals surface area contributed by atoms with Crippen molar-refractivity contribution in [1.82, 2.24) is 0 Å². The van der Waals surface area contributed by atoms with Crippen LogP contribution in [0.25, 0.3) is 0 Å².